The molecule has 2 aromatic carbocycles. The molecule has 0 unspecified atom stereocenters. The average molecular weight is 556 g/mol. The Labute approximate surface area is 231 Å². The molecule has 0 N–H and O–H groups in total. The van der Waals surface area contributed by atoms with E-state index < -0.39 is 5.41 Å². The maximum Gasteiger partial charge on any atom is 0.259 e. The van der Waals surface area contributed by atoms with Crippen LogP contribution in [0.3, 0.4) is 0 Å². The molecule has 10 heteroatoms. The quantitative estimate of drug-likeness (QED) is 0.408. The molecule has 0 radical (unpaired) electrons. The molecule has 0 atom stereocenters. The first kappa shape index (κ1) is 27.1. The molecule has 2 aliphatic heterocycles. The first-order valence-electron chi connectivity index (χ1n) is 13.1. The van der Waals surface area contributed by atoms with Crippen molar-refractivity contribution in [3.63, 3.8) is 0 Å². The van der Waals surface area contributed by atoms with E-state index in [9.17, 15) is 14.0 Å². The van der Waals surface area contributed by atoms with Crippen LogP contribution < -0.4 is 4.74 Å². The summed E-state index contributed by atoms with van der Waals surface area (Å²) in [6.45, 7) is 5.06. The van der Waals surface area contributed by atoms with Crippen LogP contribution in [0.15, 0.2) is 53.1 Å². The third kappa shape index (κ3) is 6.09. The fraction of sp³-hybridized carbons (Fsp3) is 0.414. The fourth-order valence-corrected chi connectivity index (χ4v) is 5.41. The Kier molecular flexibility index (Phi) is 8.18. The Hall–Kier alpha value is -3.43. The lowest BCUT2D eigenvalue weighted by Gasteiger charge is -2.42. The lowest BCUT2D eigenvalue weighted by Crippen LogP contribution is -2.49. The highest BCUT2D eigenvalue weighted by Crippen LogP contribution is 2.38. The van der Waals surface area contributed by atoms with Gasteiger partial charge in [0.25, 0.3) is 5.91 Å². The highest BCUT2D eigenvalue weighted by molar-refractivity contribution is 6.33. The van der Waals surface area contributed by atoms with Gasteiger partial charge in [0.2, 0.25) is 5.91 Å². The number of rotatable bonds is 7. The van der Waals surface area contributed by atoms with Gasteiger partial charge in [0, 0.05) is 43.6 Å². The number of carbonyl (C=O) groups excluding carboxylic acids is 2. The second kappa shape index (κ2) is 11.8. The van der Waals surface area contributed by atoms with Crippen LogP contribution in [-0.2, 0) is 9.53 Å². The first-order valence-corrected chi connectivity index (χ1v) is 13.5. The van der Waals surface area contributed by atoms with E-state index in [1.165, 1.54) is 12.1 Å². The van der Waals surface area contributed by atoms with E-state index in [0.29, 0.717) is 92.0 Å². The Morgan fingerprint density at radius 1 is 1.03 bits per heavy atom. The van der Waals surface area contributed by atoms with Crippen molar-refractivity contribution in [3.05, 3.63) is 70.7 Å². The van der Waals surface area contributed by atoms with Crippen molar-refractivity contribution < 1.29 is 28.0 Å². The molecule has 0 saturated carbocycles. The second-order valence-electron chi connectivity index (χ2n) is 10.1. The smallest absolute Gasteiger partial charge is 0.259 e. The maximum atomic E-state index is 13.7. The summed E-state index contributed by atoms with van der Waals surface area (Å²) in [6.07, 6.45) is 1.44. The summed E-state index contributed by atoms with van der Waals surface area (Å²) >= 11 is 6.39. The first-order chi connectivity index (χ1) is 18.8. The van der Waals surface area contributed by atoms with Crippen LogP contribution in [0.25, 0.3) is 11.3 Å². The molecule has 0 aliphatic carbocycles. The van der Waals surface area contributed by atoms with Gasteiger partial charge in [0.1, 0.15) is 28.6 Å². The molecule has 39 heavy (non-hydrogen) atoms. The molecule has 0 bridgehead atoms. The van der Waals surface area contributed by atoms with Crippen LogP contribution in [-0.4, -0.2) is 72.8 Å². The topological polar surface area (TPSA) is 85.1 Å². The minimum absolute atomic E-state index is 0.0525. The monoisotopic (exact) mass is 555 g/mol. The molecule has 8 nitrogen and oxygen atoms in total. The van der Waals surface area contributed by atoms with E-state index in [-0.39, 0.29) is 24.2 Å². The Morgan fingerprint density at radius 2 is 1.72 bits per heavy atom. The highest BCUT2D eigenvalue weighted by atomic mass is 35.5. The predicted molar refractivity (Wildman–Crippen MR) is 143 cm³/mol. The van der Waals surface area contributed by atoms with Crippen molar-refractivity contribution in [2.45, 2.75) is 26.2 Å². The van der Waals surface area contributed by atoms with Crippen molar-refractivity contribution in [3.8, 4) is 17.0 Å². The number of amides is 2. The fourth-order valence-electron chi connectivity index (χ4n) is 5.19. The molecule has 2 aliphatic rings. The number of carbonyl (C=O) groups is 2. The van der Waals surface area contributed by atoms with Crippen molar-refractivity contribution in [2.24, 2.45) is 5.41 Å². The van der Waals surface area contributed by atoms with Gasteiger partial charge in [-0.1, -0.05) is 35.0 Å². The summed E-state index contributed by atoms with van der Waals surface area (Å²) < 4.78 is 30.3. The number of aryl methyl sites for hydroxylation is 1. The number of hydrogen-bond acceptors (Lipinski definition) is 6. The highest BCUT2D eigenvalue weighted by Gasteiger charge is 2.41. The summed E-state index contributed by atoms with van der Waals surface area (Å²) in [7, 11) is 0. The zero-order chi connectivity index (χ0) is 27.4. The van der Waals surface area contributed by atoms with Gasteiger partial charge in [0.15, 0.2) is 0 Å². The van der Waals surface area contributed by atoms with Gasteiger partial charge < -0.3 is 23.8 Å². The van der Waals surface area contributed by atoms with E-state index in [4.69, 9.17) is 25.6 Å². The van der Waals surface area contributed by atoms with Gasteiger partial charge in [-0.05, 0) is 50.1 Å². The van der Waals surface area contributed by atoms with E-state index in [2.05, 4.69) is 5.16 Å². The molecule has 2 amide bonds. The molecule has 1 aromatic heterocycles. The van der Waals surface area contributed by atoms with Gasteiger partial charge in [-0.15, -0.1) is 0 Å². The normalized spacial score (nSPS) is 17.2. The minimum Gasteiger partial charge on any atom is -0.493 e. The van der Waals surface area contributed by atoms with Crippen LogP contribution >= 0.6 is 11.6 Å². The van der Waals surface area contributed by atoms with Crippen molar-refractivity contribution in [1.29, 1.82) is 0 Å². The van der Waals surface area contributed by atoms with Crippen LogP contribution in [0, 0.1) is 18.2 Å². The van der Waals surface area contributed by atoms with Crippen LogP contribution in [0.4, 0.5) is 4.39 Å². The molecule has 206 valence electrons. The standard InChI is InChI=1S/C29H31ClFN3O5/c1-20-26(27(32-39-20)23-4-2-3-5-24(23)30)28(36)34-12-10-29(11-13-34,18-25(35)33-14-16-37-17-15-33)19-38-22-8-6-21(31)7-9-22/h2-9H,10-19H2,1H3. The third-order valence-corrected chi connectivity index (χ3v) is 7.90. The number of aromatic nitrogens is 1. The largest absolute Gasteiger partial charge is 0.493 e. The molecule has 5 rings (SSSR count). The van der Waals surface area contributed by atoms with Gasteiger partial charge in [-0.25, -0.2) is 4.39 Å². The Morgan fingerprint density at radius 3 is 2.41 bits per heavy atom. The zero-order valence-corrected chi connectivity index (χ0v) is 22.6. The third-order valence-electron chi connectivity index (χ3n) is 7.57. The van der Waals surface area contributed by atoms with Gasteiger partial charge >= 0.3 is 0 Å². The van der Waals surface area contributed by atoms with Crippen molar-refractivity contribution in [1.82, 2.24) is 15.0 Å². The number of halogens is 2. The summed E-state index contributed by atoms with van der Waals surface area (Å²) in [5.74, 6) is 0.492. The second-order valence-corrected chi connectivity index (χ2v) is 10.6. The summed E-state index contributed by atoms with van der Waals surface area (Å²) in [6, 6.07) is 13.1. The van der Waals surface area contributed by atoms with E-state index in [0.717, 1.165) is 0 Å². The average Bonchev–Trinajstić information content (AvgIpc) is 3.34. The number of nitrogens with zero attached hydrogens (tertiary/aromatic N) is 3. The Bertz CT molecular complexity index is 1310. The Balaban J connectivity index is 1.33. The SMILES string of the molecule is Cc1onc(-c2ccccc2Cl)c1C(=O)N1CCC(COc2ccc(F)cc2)(CC(=O)N2CCOCC2)CC1. The molecule has 0 spiro atoms. The lowest BCUT2D eigenvalue weighted by atomic mass is 9.75. The molecule has 3 heterocycles. The molecule has 3 aromatic rings. The van der Waals surface area contributed by atoms with Crippen molar-refractivity contribution in [2.75, 3.05) is 46.0 Å². The van der Waals surface area contributed by atoms with Crippen LogP contribution in [0.5, 0.6) is 5.75 Å². The molecular weight excluding hydrogens is 525 g/mol. The number of piperidine rings is 1. The number of morpholine rings is 1. The minimum atomic E-state index is -0.476. The van der Waals surface area contributed by atoms with Crippen LogP contribution in [0.2, 0.25) is 5.02 Å². The molecule has 2 saturated heterocycles. The summed E-state index contributed by atoms with van der Waals surface area (Å²) in [5.41, 5.74) is 0.967. The van der Waals surface area contributed by atoms with Gasteiger partial charge in [-0.3, -0.25) is 9.59 Å². The number of hydrogen-bond donors (Lipinski definition) is 0. The lowest BCUT2D eigenvalue weighted by molar-refractivity contribution is -0.139. The van der Waals surface area contributed by atoms with E-state index in [1.807, 2.05) is 23.1 Å². The van der Waals surface area contributed by atoms with Gasteiger partial charge in [0.05, 0.1) is 24.8 Å². The summed E-state index contributed by atoms with van der Waals surface area (Å²) in [5, 5.41) is 4.62. The predicted octanol–water partition coefficient (Wildman–Crippen LogP) is 4.99. The maximum absolute atomic E-state index is 13.7. The van der Waals surface area contributed by atoms with Gasteiger partial charge in [-0.2, -0.15) is 0 Å². The van der Waals surface area contributed by atoms with E-state index >= 15 is 0 Å². The zero-order valence-electron chi connectivity index (χ0n) is 21.8. The van der Waals surface area contributed by atoms with Crippen LogP contribution in [0.1, 0.15) is 35.4 Å². The van der Waals surface area contributed by atoms with Crippen molar-refractivity contribution >= 4 is 23.4 Å². The number of benzene rings is 2. The molecule has 2 fully saturated rings. The molecular formula is C29H31ClFN3O5. The number of ether oxygens (including phenoxy) is 2. The summed E-state index contributed by atoms with van der Waals surface area (Å²) in [4.78, 5) is 30.6. The number of likely N-dealkylation sites (tertiary alicyclic amines) is 1. The van der Waals surface area contributed by atoms with E-state index in [1.54, 1.807) is 30.0 Å².